The topological polar surface area (TPSA) is 44.9 Å². The first kappa shape index (κ1) is 16.7. The average molecular weight is 333 g/mol. The molecule has 0 unspecified atom stereocenters. The summed E-state index contributed by atoms with van der Waals surface area (Å²) < 4.78 is 0. The summed E-state index contributed by atoms with van der Waals surface area (Å²) in [6.07, 6.45) is 13.8. The monoisotopic (exact) mass is 332 g/mol. The third kappa shape index (κ3) is 3.31. The molecule has 4 bridgehead atoms. The van der Waals surface area contributed by atoms with Gasteiger partial charge in [-0.3, -0.25) is 4.99 Å². The second-order valence-corrected chi connectivity index (χ2v) is 9.20. The van der Waals surface area contributed by atoms with Gasteiger partial charge >= 0.3 is 0 Å². The Kier molecular flexibility index (Phi) is 4.77. The van der Waals surface area contributed by atoms with Gasteiger partial charge in [0.05, 0.1) is 0 Å². The lowest BCUT2D eigenvalue weighted by Gasteiger charge is -2.60. The van der Waals surface area contributed by atoms with E-state index in [1.54, 1.807) is 0 Å². The van der Waals surface area contributed by atoms with Gasteiger partial charge < -0.3 is 15.5 Å². The summed E-state index contributed by atoms with van der Waals surface area (Å²) in [6, 6.07) is 0. The Labute approximate surface area is 147 Å². The SMILES string of the molecule is CN(C(N)=NCCCCN1CCCC1)C12CC3CC(CC(C3)C1)C2. The van der Waals surface area contributed by atoms with Crippen molar-refractivity contribution >= 4 is 5.96 Å². The third-order valence-corrected chi connectivity index (χ3v) is 7.42. The first-order valence-electron chi connectivity index (χ1n) is 10.4. The third-order valence-electron chi connectivity index (χ3n) is 7.42. The fraction of sp³-hybridized carbons (Fsp3) is 0.950. The lowest BCUT2D eigenvalue weighted by Crippen LogP contribution is -2.61. The van der Waals surface area contributed by atoms with Crippen LogP contribution in [-0.2, 0) is 0 Å². The molecular weight excluding hydrogens is 296 g/mol. The highest BCUT2D eigenvalue weighted by atomic mass is 15.3. The van der Waals surface area contributed by atoms with E-state index in [-0.39, 0.29) is 0 Å². The average Bonchev–Trinajstić information content (AvgIpc) is 3.05. The molecule has 5 fully saturated rings. The molecule has 5 aliphatic rings. The minimum absolute atomic E-state index is 0.345. The molecule has 0 aromatic carbocycles. The molecule has 0 aromatic heterocycles. The molecule has 4 aliphatic carbocycles. The van der Waals surface area contributed by atoms with Gasteiger partial charge in [-0.1, -0.05) is 0 Å². The Hall–Kier alpha value is -0.770. The second-order valence-electron chi connectivity index (χ2n) is 9.20. The largest absolute Gasteiger partial charge is 0.370 e. The summed E-state index contributed by atoms with van der Waals surface area (Å²) in [7, 11) is 2.22. The highest BCUT2D eigenvalue weighted by molar-refractivity contribution is 5.78. The van der Waals surface area contributed by atoms with Gasteiger partial charge in [-0.05, 0) is 102 Å². The molecule has 0 radical (unpaired) electrons. The predicted molar refractivity (Wildman–Crippen MR) is 100 cm³/mol. The Bertz CT molecular complexity index is 431. The summed E-state index contributed by atoms with van der Waals surface area (Å²) >= 11 is 0. The maximum Gasteiger partial charge on any atom is 0.191 e. The molecule has 24 heavy (non-hydrogen) atoms. The van der Waals surface area contributed by atoms with Crippen LogP contribution in [-0.4, -0.2) is 54.5 Å². The first-order chi connectivity index (χ1) is 11.6. The van der Waals surface area contributed by atoms with E-state index in [1.165, 1.54) is 83.8 Å². The minimum atomic E-state index is 0.345. The van der Waals surface area contributed by atoms with Crippen molar-refractivity contribution in [2.24, 2.45) is 28.5 Å². The van der Waals surface area contributed by atoms with Crippen LogP contribution in [0.2, 0.25) is 0 Å². The number of likely N-dealkylation sites (tertiary alicyclic amines) is 1. The summed E-state index contributed by atoms with van der Waals surface area (Å²) in [4.78, 5) is 9.73. The molecule has 0 amide bonds. The van der Waals surface area contributed by atoms with Crippen molar-refractivity contribution in [1.82, 2.24) is 9.80 Å². The van der Waals surface area contributed by atoms with Gasteiger partial charge in [-0.15, -0.1) is 0 Å². The van der Waals surface area contributed by atoms with Gasteiger partial charge in [-0.25, -0.2) is 0 Å². The van der Waals surface area contributed by atoms with Crippen LogP contribution in [0.4, 0.5) is 0 Å². The Morgan fingerprint density at radius 2 is 1.62 bits per heavy atom. The Balaban J connectivity index is 1.26. The van der Waals surface area contributed by atoms with Crippen molar-refractivity contribution in [3.05, 3.63) is 0 Å². The van der Waals surface area contributed by atoms with E-state index >= 15 is 0 Å². The van der Waals surface area contributed by atoms with E-state index in [0.29, 0.717) is 5.54 Å². The number of unbranched alkanes of at least 4 members (excludes halogenated alkanes) is 1. The normalized spacial score (nSPS) is 38.9. The quantitative estimate of drug-likeness (QED) is 0.462. The van der Waals surface area contributed by atoms with E-state index in [0.717, 1.165) is 30.3 Å². The van der Waals surface area contributed by atoms with Crippen molar-refractivity contribution in [3.8, 4) is 0 Å². The highest BCUT2D eigenvalue weighted by Gasteiger charge is 2.53. The van der Waals surface area contributed by atoms with Crippen LogP contribution >= 0.6 is 0 Å². The van der Waals surface area contributed by atoms with E-state index in [4.69, 9.17) is 10.7 Å². The first-order valence-corrected chi connectivity index (χ1v) is 10.4. The summed E-state index contributed by atoms with van der Waals surface area (Å²) in [5, 5.41) is 0. The van der Waals surface area contributed by atoms with Crippen molar-refractivity contribution in [3.63, 3.8) is 0 Å². The maximum atomic E-state index is 6.41. The van der Waals surface area contributed by atoms with Crippen molar-refractivity contribution in [2.45, 2.75) is 69.7 Å². The fourth-order valence-electron chi connectivity index (χ4n) is 6.47. The molecule has 0 spiro atoms. The minimum Gasteiger partial charge on any atom is -0.370 e. The van der Waals surface area contributed by atoms with Crippen LogP contribution in [0.1, 0.15) is 64.2 Å². The predicted octanol–water partition coefficient (Wildman–Crippen LogP) is 3.08. The van der Waals surface area contributed by atoms with E-state index < -0.39 is 0 Å². The number of nitrogens with two attached hydrogens (primary N) is 1. The summed E-state index contributed by atoms with van der Waals surface area (Å²) in [6.45, 7) is 4.76. The Morgan fingerprint density at radius 1 is 1.04 bits per heavy atom. The van der Waals surface area contributed by atoms with Crippen LogP contribution < -0.4 is 5.73 Å². The molecule has 1 aliphatic heterocycles. The molecule has 0 atom stereocenters. The van der Waals surface area contributed by atoms with Crippen molar-refractivity contribution in [2.75, 3.05) is 33.2 Å². The van der Waals surface area contributed by atoms with Crippen LogP contribution in [0.15, 0.2) is 4.99 Å². The number of hydrogen-bond donors (Lipinski definition) is 1. The molecule has 1 saturated heterocycles. The molecule has 136 valence electrons. The van der Waals surface area contributed by atoms with Gasteiger partial charge in [0, 0.05) is 19.1 Å². The molecule has 1 heterocycles. The fourth-order valence-corrected chi connectivity index (χ4v) is 6.47. The lowest BCUT2D eigenvalue weighted by molar-refractivity contribution is -0.0550. The molecule has 0 aromatic rings. The van der Waals surface area contributed by atoms with Crippen molar-refractivity contribution < 1.29 is 0 Å². The van der Waals surface area contributed by atoms with Crippen LogP contribution in [0.25, 0.3) is 0 Å². The van der Waals surface area contributed by atoms with Crippen LogP contribution in [0.3, 0.4) is 0 Å². The van der Waals surface area contributed by atoms with Gasteiger partial charge in [0.1, 0.15) is 0 Å². The zero-order valence-corrected chi connectivity index (χ0v) is 15.6. The zero-order valence-electron chi connectivity index (χ0n) is 15.6. The molecule has 4 heteroatoms. The Morgan fingerprint density at radius 3 is 2.21 bits per heavy atom. The standard InChI is InChI=1S/C20H36N4/c1-23(19(21)22-6-2-3-7-24-8-4-5-9-24)20-13-16-10-17(14-20)12-18(11-16)15-20/h16-18H,2-15H2,1H3,(H2,21,22). The maximum absolute atomic E-state index is 6.41. The van der Waals surface area contributed by atoms with E-state index in [1.807, 2.05) is 0 Å². The second kappa shape index (κ2) is 6.86. The van der Waals surface area contributed by atoms with Gasteiger partial charge in [0.15, 0.2) is 5.96 Å². The molecular formula is C20H36N4. The number of rotatable bonds is 6. The molecule has 4 saturated carbocycles. The molecule has 5 rings (SSSR count). The van der Waals surface area contributed by atoms with Crippen LogP contribution in [0, 0.1) is 17.8 Å². The molecule has 4 nitrogen and oxygen atoms in total. The number of guanidine groups is 1. The van der Waals surface area contributed by atoms with Gasteiger partial charge in [-0.2, -0.15) is 0 Å². The van der Waals surface area contributed by atoms with Gasteiger partial charge in [0.2, 0.25) is 0 Å². The van der Waals surface area contributed by atoms with E-state index in [9.17, 15) is 0 Å². The number of aliphatic imine (C=N–C) groups is 1. The van der Waals surface area contributed by atoms with E-state index in [2.05, 4.69) is 16.8 Å². The zero-order chi connectivity index (χ0) is 16.6. The van der Waals surface area contributed by atoms with Crippen LogP contribution in [0.5, 0.6) is 0 Å². The van der Waals surface area contributed by atoms with Crippen molar-refractivity contribution in [1.29, 1.82) is 0 Å². The summed E-state index contributed by atoms with van der Waals surface area (Å²) in [5.74, 6) is 3.70. The smallest absolute Gasteiger partial charge is 0.191 e. The lowest BCUT2D eigenvalue weighted by atomic mass is 9.52. The number of nitrogens with zero attached hydrogens (tertiary/aromatic N) is 3. The highest BCUT2D eigenvalue weighted by Crippen LogP contribution is 2.57. The molecule has 2 N–H and O–H groups in total. The number of hydrogen-bond acceptors (Lipinski definition) is 2. The summed E-state index contributed by atoms with van der Waals surface area (Å²) in [5.41, 5.74) is 6.75. The van der Waals surface area contributed by atoms with Gasteiger partial charge in [0.25, 0.3) is 0 Å².